The van der Waals surface area contributed by atoms with Gasteiger partial charge in [-0.2, -0.15) is 0 Å². The van der Waals surface area contributed by atoms with E-state index in [1.165, 1.54) is 11.1 Å². The molecule has 4 nitrogen and oxygen atoms in total. The van der Waals surface area contributed by atoms with E-state index in [0.717, 1.165) is 38.0 Å². The minimum Gasteiger partial charge on any atom is -0.297 e. The molecule has 1 aliphatic heterocycles. The van der Waals surface area contributed by atoms with Gasteiger partial charge in [-0.3, -0.25) is 4.90 Å². The van der Waals surface area contributed by atoms with Crippen LogP contribution in [0.1, 0.15) is 37.0 Å². The van der Waals surface area contributed by atoms with Crippen LogP contribution in [-0.4, -0.2) is 32.4 Å². The number of rotatable bonds is 7. The fraction of sp³-hybridized carbons (Fsp3) is 0.455. The van der Waals surface area contributed by atoms with Crippen molar-refractivity contribution in [1.29, 1.82) is 0 Å². The summed E-state index contributed by atoms with van der Waals surface area (Å²) in [5.74, 6) is 0.664. The fourth-order valence-electron chi connectivity index (χ4n) is 3.59. The van der Waals surface area contributed by atoms with E-state index >= 15 is 0 Å². The first kappa shape index (κ1) is 20.1. The molecule has 1 saturated heterocycles. The Kier molecular flexibility index (Phi) is 6.35. The van der Waals surface area contributed by atoms with Crippen LogP contribution in [0.15, 0.2) is 53.4 Å². The molecule has 27 heavy (non-hydrogen) atoms. The van der Waals surface area contributed by atoms with Gasteiger partial charge in [0.25, 0.3) is 0 Å². The number of benzene rings is 2. The highest BCUT2D eigenvalue weighted by Crippen LogP contribution is 2.18. The third-order valence-electron chi connectivity index (χ3n) is 5.00. The molecule has 1 N–H and O–H groups in total. The second-order valence-corrected chi connectivity index (χ2v) is 9.78. The molecule has 5 heteroatoms. The number of hydrogen-bond acceptors (Lipinski definition) is 3. The number of likely N-dealkylation sites (tertiary alicyclic amines) is 1. The van der Waals surface area contributed by atoms with Crippen molar-refractivity contribution in [2.24, 2.45) is 5.92 Å². The fourth-order valence-corrected chi connectivity index (χ4v) is 4.85. The highest BCUT2D eigenvalue weighted by molar-refractivity contribution is 7.89. The lowest BCUT2D eigenvalue weighted by Gasteiger charge is -2.17. The maximum absolute atomic E-state index is 12.6. The van der Waals surface area contributed by atoms with Gasteiger partial charge in [-0.05, 0) is 48.9 Å². The smallest absolute Gasteiger partial charge is 0.240 e. The van der Waals surface area contributed by atoms with Gasteiger partial charge >= 0.3 is 0 Å². The number of nitrogens with zero attached hydrogens (tertiary/aromatic N) is 1. The summed E-state index contributed by atoms with van der Waals surface area (Å²) in [5, 5.41) is 0. The number of aryl methyl sites for hydroxylation is 1. The molecule has 0 saturated carbocycles. The van der Waals surface area contributed by atoms with E-state index in [2.05, 4.69) is 47.7 Å². The Morgan fingerprint density at radius 2 is 1.67 bits per heavy atom. The molecule has 3 rings (SSSR count). The number of nitrogens with one attached hydrogen (secondary N) is 1. The Balaban J connectivity index is 1.54. The van der Waals surface area contributed by atoms with Gasteiger partial charge in [0.15, 0.2) is 0 Å². The van der Waals surface area contributed by atoms with Crippen molar-refractivity contribution in [3.63, 3.8) is 0 Å². The second kappa shape index (κ2) is 8.55. The lowest BCUT2D eigenvalue weighted by Crippen LogP contribution is -2.36. The van der Waals surface area contributed by atoms with E-state index in [9.17, 15) is 8.42 Å². The van der Waals surface area contributed by atoms with Gasteiger partial charge < -0.3 is 0 Å². The van der Waals surface area contributed by atoms with Gasteiger partial charge in [-0.15, -0.1) is 0 Å². The Labute approximate surface area is 163 Å². The Bertz CT molecular complexity index is 843. The molecule has 1 heterocycles. The average Bonchev–Trinajstić information content (AvgIpc) is 3.03. The molecule has 1 fully saturated rings. The van der Waals surface area contributed by atoms with Crippen molar-refractivity contribution >= 4 is 10.0 Å². The van der Waals surface area contributed by atoms with Crippen LogP contribution in [0.2, 0.25) is 0 Å². The van der Waals surface area contributed by atoms with Crippen LogP contribution in [0.3, 0.4) is 0 Å². The van der Waals surface area contributed by atoms with Gasteiger partial charge in [0.05, 0.1) is 4.90 Å². The summed E-state index contributed by atoms with van der Waals surface area (Å²) in [6.07, 6.45) is 1.95. The molecule has 2 aromatic carbocycles. The molecule has 0 aliphatic carbocycles. The molecule has 0 radical (unpaired) electrons. The summed E-state index contributed by atoms with van der Waals surface area (Å²) >= 11 is 0. The Morgan fingerprint density at radius 1 is 1.04 bits per heavy atom. The van der Waals surface area contributed by atoms with E-state index in [4.69, 9.17) is 0 Å². The molecule has 0 aromatic heterocycles. The molecule has 1 aliphatic rings. The standard InChI is InChI=1S/C22H30N2O2S/c1-17(2)14-19-6-8-20(9-7-19)15-24-13-12-21(16-24)23-27(25,26)22-10-4-18(3)5-11-22/h4-11,17,21,23H,12-16H2,1-3H3. The summed E-state index contributed by atoms with van der Waals surface area (Å²) in [7, 11) is -3.45. The van der Waals surface area contributed by atoms with Crippen molar-refractivity contribution in [2.45, 2.75) is 51.1 Å². The SMILES string of the molecule is Cc1ccc(S(=O)(=O)NC2CCN(Cc3ccc(CC(C)C)cc3)C2)cc1. The monoisotopic (exact) mass is 386 g/mol. The summed E-state index contributed by atoms with van der Waals surface area (Å²) in [5.41, 5.74) is 3.71. The lowest BCUT2D eigenvalue weighted by molar-refractivity contribution is 0.324. The van der Waals surface area contributed by atoms with Crippen LogP contribution in [0.4, 0.5) is 0 Å². The van der Waals surface area contributed by atoms with E-state index in [-0.39, 0.29) is 6.04 Å². The molecule has 0 amide bonds. The first-order chi connectivity index (χ1) is 12.8. The van der Waals surface area contributed by atoms with Crippen molar-refractivity contribution < 1.29 is 8.42 Å². The lowest BCUT2D eigenvalue weighted by atomic mass is 10.0. The maximum atomic E-state index is 12.6. The quantitative estimate of drug-likeness (QED) is 0.788. The second-order valence-electron chi connectivity index (χ2n) is 8.07. The third kappa shape index (κ3) is 5.64. The number of sulfonamides is 1. The van der Waals surface area contributed by atoms with Crippen molar-refractivity contribution in [3.8, 4) is 0 Å². The van der Waals surface area contributed by atoms with Gasteiger partial charge in [0, 0.05) is 25.7 Å². The zero-order valence-electron chi connectivity index (χ0n) is 16.5. The Morgan fingerprint density at radius 3 is 2.30 bits per heavy atom. The van der Waals surface area contributed by atoms with Crippen molar-refractivity contribution in [1.82, 2.24) is 9.62 Å². The van der Waals surface area contributed by atoms with Crippen LogP contribution < -0.4 is 4.72 Å². The number of hydrogen-bond donors (Lipinski definition) is 1. The van der Waals surface area contributed by atoms with Gasteiger partial charge in [-0.25, -0.2) is 13.1 Å². The zero-order valence-corrected chi connectivity index (χ0v) is 17.3. The Hall–Kier alpha value is -1.69. The van der Waals surface area contributed by atoms with Gasteiger partial charge in [-0.1, -0.05) is 55.8 Å². The molecular weight excluding hydrogens is 356 g/mol. The molecule has 146 valence electrons. The first-order valence-corrected chi connectivity index (χ1v) is 11.2. The zero-order chi connectivity index (χ0) is 19.4. The van der Waals surface area contributed by atoms with Crippen LogP contribution in [-0.2, 0) is 23.0 Å². The third-order valence-corrected chi connectivity index (χ3v) is 6.53. The largest absolute Gasteiger partial charge is 0.297 e. The normalized spacial score (nSPS) is 18.3. The van der Waals surface area contributed by atoms with Gasteiger partial charge in [0.2, 0.25) is 10.0 Å². The summed E-state index contributed by atoms with van der Waals surface area (Å²) in [6.45, 7) is 8.94. The molecular formula is C22H30N2O2S. The highest BCUT2D eigenvalue weighted by Gasteiger charge is 2.27. The van der Waals surface area contributed by atoms with Crippen LogP contribution in [0, 0.1) is 12.8 Å². The maximum Gasteiger partial charge on any atom is 0.240 e. The van der Waals surface area contributed by atoms with Crippen LogP contribution >= 0.6 is 0 Å². The summed E-state index contributed by atoms with van der Waals surface area (Å²) in [6, 6.07) is 15.8. The van der Waals surface area contributed by atoms with Crippen LogP contribution in [0.5, 0.6) is 0 Å². The molecule has 1 atom stereocenters. The highest BCUT2D eigenvalue weighted by atomic mass is 32.2. The topological polar surface area (TPSA) is 49.4 Å². The van der Waals surface area contributed by atoms with Crippen molar-refractivity contribution in [2.75, 3.05) is 13.1 Å². The van der Waals surface area contributed by atoms with E-state index < -0.39 is 10.0 Å². The minimum atomic E-state index is -3.45. The summed E-state index contributed by atoms with van der Waals surface area (Å²) in [4.78, 5) is 2.66. The first-order valence-electron chi connectivity index (χ1n) is 9.71. The molecule has 1 unspecified atom stereocenters. The molecule has 0 bridgehead atoms. The predicted molar refractivity (Wildman–Crippen MR) is 110 cm³/mol. The molecule has 2 aromatic rings. The summed E-state index contributed by atoms with van der Waals surface area (Å²) < 4.78 is 28.0. The van der Waals surface area contributed by atoms with E-state index in [1.807, 2.05) is 19.1 Å². The minimum absolute atomic E-state index is 0.0310. The van der Waals surface area contributed by atoms with E-state index in [0.29, 0.717) is 10.8 Å². The molecule has 0 spiro atoms. The van der Waals surface area contributed by atoms with Crippen molar-refractivity contribution in [3.05, 3.63) is 65.2 Å². The van der Waals surface area contributed by atoms with Crippen LogP contribution in [0.25, 0.3) is 0 Å². The van der Waals surface area contributed by atoms with Gasteiger partial charge in [0.1, 0.15) is 0 Å². The van der Waals surface area contributed by atoms with E-state index in [1.54, 1.807) is 12.1 Å². The predicted octanol–water partition coefficient (Wildman–Crippen LogP) is 3.75. The average molecular weight is 387 g/mol.